The molecular formula is C18H18O4. The van der Waals surface area contributed by atoms with Crippen LogP contribution in [0.15, 0.2) is 36.4 Å². The molecule has 2 bridgehead atoms. The highest BCUT2D eigenvalue weighted by Crippen LogP contribution is 2.49. The van der Waals surface area contributed by atoms with Crippen LogP contribution in [0, 0.1) is 5.92 Å². The van der Waals surface area contributed by atoms with E-state index in [2.05, 4.69) is 12.2 Å². The van der Waals surface area contributed by atoms with Crippen LogP contribution < -0.4 is 0 Å². The second-order valence-corrected chi connectivity index (χ2v) is 6.34. The maximum Gasteiger partial charge on any atom is 0.338 e. The maximum absolute atomic E-state index is 12.5. The molecule has 114 valence electrons. The molecule has 1 aromatic rings. The van der Waals surface area contributed by atoms with E-state index in [-0.39, 0.29) is 24.0 Å². The number of ether oxygens (including phenoxy) is 2. The van der Waals surface area contributed by atoms with Gasteiger partial charge in [0.05, 0.1) is 11.1 Å². The first-order valence-electron chi connectivity index (χ1n) is 7.88. The van der Waals surface area contributed by atoms with Crippen LogP contribution in [0.25, 0.3) is 0 Å². The molecule has 4 nitrogen and oxygen atoms in total. The summed E-state index contributed by atoms with van der Waals surface area (Å²) >= 11 is 0. The van der Waals surface area contributed by atoms with Gasteiger partial charge < -0.3 is 9.47 Å². The van der Waals surface area contributed by atoms with Crippen molar-refractivity contribution in [1.29, 1.82) is 0 Å². The summed E-state index contributed by atoms with van der Waals surface area (Å²) in [6, 6.07) is 6.50. The Labute approximate surface area is 129 Å². The molecule has 4 aliphatic rings. The Hall–Kier alpha value is -2.10. The molecule has 0 N–H and O–H groups in total. The van der Waals surface area contributed by atoms with Crippen LogP contribution in [0.3, 0.4) is 0 Å². The average Bonchev–Trinajstić information content (AvgIpc) is 2.56. The van der Waals surface area contributed by atoms with Crippen molar-refractivity contribution in [2.75, 3.05) is 0 Å². The number of carbonyl (C=O) groups is 2. The molecule has 4 heteroatoms. The van der Waals surface area contributed by atoms with Gasteiger partial charge in [0, 0.05) is 5.92 Å². The molecule has 1 aromatic carbocycles. The molecule has 2 aliphatic heterocycles. The Balaban J connectivity index is 1.73. The molecule has 5 rings (SSSR count). The standard InChI is InChI=1S/C18H18O4/c19-16-12-6-8-13(9-7-12)17(20)22-18(11-10-15(18)21-16)14-4-2-1-3-5-14/h1-2,6-9,14-15H,3-5,10-11H2. The molecule has 2 heterocycles. The summed E-state index contributed by atoms with van der Waals surface area (Å²) in [6.45, 7) is 0. The Kier molecular flexibility index (Phi) is 3.06. The van der Waals surface area contributed by atoms with Gasteiger partial charge in [-0.25, -0.2) is 9.59 Å². The van der Waals surface area contributed by atoms with E-state index in [4.69, 9.17) is 9.47 Å². The summed E-state index contributed by atoms with van der Waals surface area (Å²) in [4.78, 5) is 24.7. The van der Waals surface area contributed by atoms with Gasteiger partial charge in [-0.3, -0.25) is 0 Å². The second-order valence-electron chi connectivity index (χ2n) is 6.34. The number of benzene rings is 1. The van der Waals surface area contributed by atoms with Gasteiger partial charge in [0.2, 0.25) is 0 Å². The third kappa shape index (κ3) is 1.97. The van der Waals surface area contributed by atoms with Crippen LogP contribution in [0.1, 0.15) is 52.8 Å². The summed E-state index contributed by atoms with van der Waals surface area (Å²) in [7, 11) is 0. The first-order chi connectivity index (χ1) is 10.7. The van der Waals surface area contributed by atoms with Crippen molar-refractivity contribution >= 4 is 11.9 Å². The van der Waals surface area contributed by atoms with Crippen molar-refractivity contribution in [1.82, 2.24) is 0 Å². The summed E-state index contributed by atoms with van der Waals surface area (Å²) in [5.74, 6) is -0.418. The maximum atomic E-state index is 12.5. The Morgan fingerprint density at radius 2 is 1.68 bits per heavy atom. The number of hydrogen-bond acceptors (Lipinski definition) is 4. The minimum absolute atomic E-state index is 0.226. The molecule has 2 aliphatic carbocycles. The van der Waals surface area contributed by atoms with Gasteiger partial charge >= 0.3 is 11.9 Å². The number of esters is 2. The number of rotatable bonds is 1. The number of allylic oxidation sites excluding steroid dienone is 2. The van der Waals surface area contributed by atoms with Crippen LogP contribution in [0.2, 0.25) is 0 Å². The van der Waals surface area contributed by atoms with Crippen LogP contribution in [0.5, 0.6) is 0 Å². The monoisotopic (exact) mass is 298 g/mol. The highest BCUT2D eigenvalue weighted by atomic mass is 16.6. The molecule has 22 heavy (non-hydrogen) atoms. The fourth-order valence-electron chi connectivity index (χ4n) is 3.78. The normalized spacial score (nSPS) is 33.5. The number of fused-ring (bicyclic) bond motifs is 4. The first-order valence-corrected chi connectivity index (χ1v) is 7.88. The van der Waals surface area contributed by atoms with Crippen LogP contribution in [-0.4, -0.2) is 23.6 Å². The van der Waals surface area contributed by atoms with Crippen molar-refractivity contribution in [2.24, 2.45) is 5.92 Å². The van der Waals surface area contributed by atoms with E-state index in [9.17, 15) is 9.59 Å². The lowest BCUT2D eigenvalue weighted by molar-refractivity contribution is -0.184. The molecule has 0 spiro atoms. The van der Waals surface area contributed by atoms with Crippen molar-refractivity contribution in [3.05, 3.63) is 47.5 Å². The lowest BCUT2D eigenvalue weighted by atomic mass is 9.64. The zero-order valence-electron chi connectivity index (χ0n) is 12.3. The number of carbonyl (C=O) groups excluding carboxylic acids is 2. The Morgan fingerprint density at radius 1 is 0.955 bits per heavy atom. The molecule has 3 atom stereocenters. The lowest BCUT2D eigenvalue weighted by Crippen LogP contribution is -2.61. The van der Waals surface area contributed by atoms with E-state index in [0.29, 0.717) is 11.1 Å². The average molecular weight is 298 g/mol. The topological polar surface area (TPSA) is 52.6 Å². The number of hydrogen-bond donors (Lipinski definition) is 0. The summed E-state index contributed by atoms with van der Waals surface area (Å²) in [5.41, 5.74) is 0.335. The van der Waals surface area contributed by atoms with E-state index in [1.165, 1.54) is 0 Å². The zero-order chi connectivity index (χ0) is 15.2. The fraction of sp³-hybridized carbons (Fsp3) is 0.444. The van der Waals surface area contributed by atoms with Gasteiger partial charge in [0.25, 0.3) is 0 Å². The molecule has 0 saturated heterocycles. The van der Waals surface area contributed by atoms with Gasteiger partial charge in [0.1, 0.15) is 6.10 Å². The van der Waals surface area contributed by atoms with E-state index in [1.54, 1.807) is 24.3 Å². The summed E-state index contributed by atoms with van der Waals surface area (Å²) in [6.07, 6.45) is 8.33. The van der Waals surface area contributed by atoms with Crippen molar-refractivity contribution < 1.29 is 19.1 Å². The Bertz CT molecular complexity index is 646. The Morgan fingerprint density at radius 3 is 2.27 bits per heavy atom. The van der Waals surface area contributed by atoms with Gasteiger partial charge in [-0.2, -0.15) is 0 Å². The van der Waals surface area contributed by atoms with E-state index in [0.717, 1.165) is 32.1 Å². The van der Waals surface area contributed by atoms with Crippen LogP contribution in [-0.2, 0) is 9.47 Å². The zero-order valence-corrected chi connectivity index (χ0v) is 12.3. The largest absolute Gasteiger partial charge is 0.454 e. The molecule has 0 amide bonds. The fourth-order valence-corrected chi connectivity index (χ4v) is 3.78. The van der Waals surface area contributed by atoms with Gasteiger partial charge in [-0.05, 0) is 56.4 Å². The minimum atomic E-state index is -0.649. The SMILES string of the molecule is O=C1OC2CCC2(C2CC=CCC2)OC(=O)c2ccc1cc2. The van der Waals surface area contributed by atoms with Crippen molar-refractivity contribution in [2.45, 2.75) is 43.8 Å². The quantitative estimate of drug-likeness (QED) is 0.590. The smallest absolute Gasteiger partial charge is 0.338 e. The van der Waals surface area contributed by atoms with E-state index in [1.807, 2.05) is 0 Å². The van der Waals surface area contributed by atoms with Crippen molar-refractivity contribution in [3.8, 4) is 0 Å². The minimum Gasteiger partial charge on any atom is -0.454 e. The third-order valence-corrected chi connectivity index (χ3v) is 5.19. The van der Waals surface area contributed by atoms with E-state index >= 15 is 0 Å². The molecule has 1 fully saturated rings. The van der Waals surface area contributed by atoms with E-state index < -0.39 is 5.60 Å². The summed E-state index contributed by atoms with van der Waals surface area (Å²) in [5, 5.41) is 0. The highest BCUT2D eigenvalue weighted by molar-refractivity contribution is 5.94. The first kappa shape index (κ1) is 13.6. The third-order valence-electron chi connectivity index (χ3n) is 5.19. The molecular weight excluding hydrogens is 280 g/mol. The predicted molar refractivity (Wildman–Crippen MR) is 79.5 cm³/mol. The molecule has 1 saturated carbocycles. The van der Waals surface area contributed by atoms with Crippen LogP contribution >= 0.6 is 0 Å². The summed E-state index contributed by atoms with van der Waals surface area (Å²) < 4.78 is 11.6. The van der Waals surface area contributed by atoms with Crippen molar-refractivity contribution in [3.63, 3.8) is 0 Å². The molecule has 0 radical (unpaired) electrons. The molecule has 0 aromatic heterocycles. The highest BCUT2D eigenvalue weighted by Gasteiger charge is 2.57. The van der Waals surface area contributed by atoms with Crippen LogP contribution in [0.4, 0.5) is 0 Å². The molecule has 3 unspecified atom stereocenters. The predicted octanol–water partition coefficient (Wildman–Crippen LogP) is 3.27. The van der Waals surface area contributed by atoms with Gasteiger partial charge in [-0.1, -0.05) is 12.2 Å². The lowest BCUT2D eigenvalue weighted by Gasteiger charge is -2.52. The second kappa shape index (κ2) is 4.97. The van der Waals surface area contributed by atoms with Gasteiger partial charge in [0.15, 0.2) is 5.60 Å². The van der Waals surface area contributed by atoms with Gasteiger partial charge in [-0.15, -0.1) is 0 Å².